The van der Waals surface area contributed by atoms with E-state index in [2.05, 4.69) is 75.2 Å². The average Bonchev–Trinajstić information content (AvgIpc) is 3.31. The predicted octanol–water partition coefficient (Wildman–Crippen LogP) is 3.90. The highest BCUT2D eigenvalue weighted by Crippen LogP contribution is 2.27. The van der Waals surface area contributed by atoms with E-state index in [0.29, 0.717) is 19.0 Å². The Hall–Kier alpha value is -2.84. The van der Waals surface area contributed by atoms with Crippen LogP contribution < -0.4 is 10.2 Å². The van der Waals surface area contributed by atoms with E-state index in [-0.39, 0.29) is 11.9 Å². The van der Waals surface area contributed by atoms with Crippen molar-refractivity contribution in [1.82, 2.24) is 20.1 Å². The van der Waals surface area contributed by atoms with E-state index < -0.39 is 0 Å². The summed E-state index contributed by atoms with van der Waals surface area (Å²) in [6.07, 6.45) is 2.80. The zero-order valence-electron chi connectivity index (χ0n) is 19.9. The molecular weight excluding hydrogens is 446 g/mol. The summed E-state index contributed by atoms with van der Waals surface area (Å²) in [7, 11) is 0. The monoisotopic (exact) mass is 479 g/mol. The van der Waals surface area contributed by atoms with Gasteiger partial charge in [-0.05, 0) is 49.4 Å². The molecule has 34 heavy (non-hydrogen) atoms. The van der Waals surface area contributed by atoms with Crippen LogP contribution in [0.25, 0.3) is 5.69 Å². The smallest absolute Gasteiger partial charge is 0.232 e. The van der Waals surface area contributed by atoms with Crippen LogP contribution in [0.3, 0.4) is 0 Å². The summed E-state index contributed by atoms with van der Waals surface area (Å²) in [5, 5.41) is 12.8. The molecule has 0 aliphatic carbocycles. The van der Waals surface area contributed by atoms with Crippen LogP contribution in [0, 0.1) is 0 Å². The number of carbonyl (C=O) groups is 1. The Morgan fingerprint density at radius 2 is 1.85 bits per heavy atom. The molecule has 3 aromatic rings. The average molecular weight is 480 g/mol. The minimum Gasteiger partial charge on any atom is -0.378 e. The summed E-state index contributed by atoms with van der Waals surface area (Å²) in [5.41, 5.74) is 3.56. The van der Waals surface area contributed by atoms with Crippen LogP contribution in [0.2, 0.25) is 0 Å². The Kier molecular flexibility index (Phi) is 8.60. The summed E-state index contributed by atoms with van der Waals surface area (Å²) in [5.74, 6) is 1.11. The van der Waals surface area contributed by atoms with Crippen LogP contribution in [0.5, 0.6) is 0 Å². The van der Waals surface area contributed by atoms with Crippen molar-refractivity contribution in [2.45, 2.75) is 44.3 Å². The van der Waals surface area contributed by atoms with Crippen molar-refractivity contribution in [3.8, 4) is 5.69 Å². The fraction of sp³-hybridized carbons (Fsp3) is 0.423. The molecule has 0 bridgehead atoms. The van der Waals surface area contributed by atoms with Crippen molar-refractivity contribution in [1.29, 1.82) is 0 Å². The summed E-state index contributed by atoms with van der Waals surface area (Å²) < 4.78 is 7.59. The first kappa shape index (κ1) is 24.3. The molecule has 180 valence electrons. The Balaban J connectivity index is 1.42. The van der Waals surface area contributed by atoms with Gasteiger partial charge >= 0.3 is 0 Å². The lowest BCUT2D eigenvalue weighted by molar-refractivity contribution is -0.119. The quantitative estimate of drug-likeness (QED) is 0.445. The molecule has 0 spiro atoms. The van der Waals surface area contributed by atoms with Gasteiger partial charge in [0.15, 0.2) is 5.16 Å². The molecule has 1 saturated heterocycles. The maximum Gasteiger partial charge on any atom is 0.232 e. The van der Waals surface area contributed by atoms with Crippen molar-refractivity contribution in [3.63, 3.8) is 0 Å². The number of anilines is 1. The standard InChI is InChI=1S/C26H33N5O2S/c1-3-21-10-7-11-23(18-21)31-25(30-14-16-33-17-15-30)28-29-26(31)34-19-24(32)27-20(2)12-13-22-8-5-4-6-9-22/h4-11,18,20H,3,12-17,19H2,1-2H3,(H,27,32)/t20-/m1/s1. The summed E-state index contributed by atoms with van der Waals surface area (Å²) >= 11 is 1.42. The highest BCUT2D eigenvalue weighted by atomic mass is 32.2. The van der Waals surface area contributed by atoms with E-state index in [1.165, 1.54) is 22.9 Å². The zero-order chi connectivity index (χ0) is 23.8. The molecule has 7 nitrogen and oxygen atoms in total. The second kappa shape index (κ2) is 12.0. The van der Waals surface area contributed by atoms with Crippen molar-refractivity contribution < 1.29 is 9.53 Å². The Morgan fingerprint density at radius 1 is 1.09 bits per heavy atom. The molecule has 2 aromatic carbocycles. The Morgan fingerprint density at radius 3 is 2.62 bits per heavy atom. The predicted molar refractivity (Wildman–Crippen MR) is 137 cm³/mol. The number of aryl methyl sites for hydroxylation is 2. The second-order valence-corrected chi connectivity index (χ2v) is 9.46. The number of amides is 1. The van der Waals surface area contributed by atoms with E-state index in [0.717, 1.165) is 49.1 Å². The number of ether oxygens (including phenoxy) is 1. The molecule has 1 aliphatic heterocycles. The van der Waals surface area contributed by atoms with Crippen LogP contribution in [-0.4, -0.2) is 58.8 Å². The van der Waals surface area contributed by atoms with E-state index in [9.17, 15) is 4.79 Å². The molecule has 1 aromatic heterocycles. The minimum atomic E-state index is 0.00958. The highest BCUT2D eigenvalue weighted by Gasteiger charge is 2.22. The maximum atomic E-state index is 12.7. The molecular formula is C26H33N5O2S. The Bertz CT molecular complexity index is 1070. The number of benzene rings is 2. The molecule has 0 saturated carbocycles. The third-order valence-corrected chi connectivity index (χ3v) is 6.86. The lowest BCUT2D eigenvalue weighted by Crippen LogP contribution is -2.38. The van der Waals surface area contributed by atoms with Gasteiger partial charge in [0.25, 0.3) is 0 Å². The van der Waals surface area contributed by atoms with Crippen molar-refractivity contribution in [2.24, 2.45) is 0 Å². The molecule has 1 fully saturated rings. The van der Waals surface area contributed by atoms with Gasteiger partial charge < -0.3 is 15.0 Å². The lowest BCUT2D eigenvalue weighted by atomic mass is 10.1. The van der Waals surface area contributed by atoms with Crippen LogP contribution in [-0.2, 0) is 22.4 Å². The van der Waals surface area contributed by atoms with Gasteiger partial charge in [0.2, 0.25) is 11.9 Å². The number of nitrogens with zero attached hydrogens (tertiary/aromatic N) is 4. The number of aromatic nitrogens is 3. The van der Waals surface area contributed by atoms with Crippen LogP contribution >= 0.6 is 11.8 Å². The fourth-order valence-electron chi connectivity index (χ4n) is 4.01. The van der Waals surface area contributed by atoms with Gasteiger partial charge in [0, 0.05) is 19.1 Å². The first-order valence-electron chi connectivity index (χ1n) is 12.0. The third kappa shape index (κ3) is 6.39. The second-order valence-electron chi connectivity index (χ2n) is 8.52. The Labute approximate surface area is 205 Å². The molecule has 1 aliphatic rings. The summed E-state index contributed by atoms with van der Waals surface area (Å²) in [6.45, 7) is 7.10. The molecule has 0 unspecified atom stereocenters. The zero-order valence-corrected chi connectivity index (χ0v) is 20.8. The van der Waals surface area contributed by atoms with E-state index in [1.807, 2.05) is 18.2 Å². The van der Waals surface area contributed by atoms with Gasteiger partial charge in [0.05, 0.1) is 24.7 Å². The maximum absolute atomic E-state index is 12.7. The lowest BCUT2D eigenvalue weighted by Gasteiger charge is -2.28. The number of rotatable bonds is 10. The number of nitrogens with one attached hydrogen (secondary N) is 1. The van der Waals surface area contributed by atoms with Crippen molar-refractivity contribution in [3.05, 3.63) is 65.7 Å². The van der Waals surface area contributed by atoms with Gasteiger partial charge in [-0.25, -0.2) is 0 Å². The first-order chi connectivity index (χ1) is 16.6. The summed E-state index contributed by atoms with van der Waals surface area (Å²) in [4.78, 5) is 14.9. The molecule has 1 atom stereocenters. The molecule has 8 heteroatoms. The SMILES string of the molecule is CCc1cccc(-n2c(SCC(=O)N[C@H](C)CCc3ccccc3)nnc2N2CCOCC2)c1. The van der Waals surface area contributed by atoms with E-state index >= 15 is 0 Å². The normalized spacial score (nSPS) is 14.7. The van der Waals surface area contributed by atoms with E-state index in [1.54, 1.807) is 0 Å². The fourth-order valence-corrected chi connectivity index (χ4v) is 4.77. The molecule has 1 amide bonds. The largest absolute Gasteiger partial charge is 0.378 e. The molecule has 0 radical (unpaired) electrons. The van der Waals surface area contributed by atoms with Gasteiger partial charge in [-0.1, -0.05) is 61.2 Å². The number of morpholine rings is 1. The summed E-state index contributed by atoms with van der Waals surface area (Å²) in [6, 6.07) is 18.9. The van der Waals surface area contributed by atoms with Gasteiger partial charge in [-0.2, -0.15) is 0 Å². The van der Waals surface area contributed by atoms with E-state index in [4.69, 9.17) is 4.74 Å². The number of carbonyl (C=O) groups excluding carboxylic acids is 1. The van der Waals surface area contributed by atoms with Gasteiger partial charge in [-0.3, -0.25) is 9.36 Å². The number of thioether (sulfide) groups is 1. The molecule has 4 rings (SSSR count). The topological polar surface area (TPSA) is 72.3 Å². The number of hydrogen-bond acceptors (Lipinski definition) is 6. The van der Waals surface area contributed by atoms with Crippen LogP contribution in [0.15, 0.2) is 59.8 Å². The van der Waals surface area contributed by atoms with Gasteiger partial charge in [-0.15, -0.1) is 10.2 Å². The van der Waals surface area contributed by atoms with Crippen LogP contribution in [0.1, 0.15) is 31.4 Å². The third-order valence-electron chi connectivity index (χ3n) is 5.94. The van der Waals surface area contributed by atoms with Crippen LogP contribution in [0.4, 0.5) is 5.95 Å². The van der Waals surface area contributed by atoms with Gasteiger partial charge in [0.1, 0.15) is 0 Å². The molecule has 2 heterocycles. The first-order valence-corrected chi connectivity index (χ1v) is 13.0. The minimum absolute atomic E-state index is 0.00958. The molecule has 1 N–H and O–H groups in total. The van der Waals surface area contributed by atoms with Crippen molar-refractivity contribution in [2.75, 3.05) is 37.0 Å². The van der Waals surface area contributed by atoms with Crippen molar-refractivity contribution >= 4 is 23.6 Å². The highest BCUT2D eigenvalue weighted by molar-refractivity contribution is 7.99. The number of hydrogen-bond donors (Lipinski definition) is 1.